The van der Waals surface area contributed by atoms with Crippen LogP contribution < -0.4 is 0 Å². The first-order valence-electron chi connectivity index (χ1n) is 8.33. The van der Waals surface area contributed by atoms with E-state index in [9.17, 15) is 9.59 Å². The molecule has 2 aromatic heterocycles. The minimum Gasteiger partial charge on any atom is -0.379 e. The van der Waals surface area contributed by atoms with Crippen LogP contribution in [0.2, 0.25) is 0 Å². The van der Waals surface area contributed by atoms with Crippen molar-refractivity contribution >= 4 is 29.2 Å². The molecular formula is C19H17N3O3S. The molecule has 6 nitrogen and oxygen atoms in total. The SMILES string of the molecule is O=C1c2ccccc2C(=O)N1CCOCCSc1cccc2nccn12. The Morgan fingerprint density at radius 1 is 0.962 bits per heavy atom. The van der Waals surface area contributed by atoms with Gasteiger partial charge in [0.25, 0.3) is 11.8 Å². The largest absolute Gasteiger partial charge is 0.379 e. The number of imide groups is 1. The summed E-state index contributed by atoms with van der Waals surface area (Å²) in [4.78, 5) is 30.0. The summed E-state index contributed by atoms with van der Waals surface area (Å²) in [6, 6.07) is 12.9. The minimum absolute atomic E-state index is 0.240. The molecule has 132 valence electrons. The lowest BCUT2D eigenvalue weighted by Gasteiger charge is -2.13. The van der Waals surface area contributed by atoms with Gasteiger partial charge in [-0.3, -0.25) is 18.9 Å². The fraction of sp³-hybridized carbons (Fsp3) is 0.211. The fourth-order valence-corrected chi connectivity index (χ4v) is 3.82. The summed E-state index contributed by atoms with van der Waals surface area (Å²) in [6.45, 7) is 1.15. The van der Waals surface area contributed by atoms with E-state index in [2.05, 4.69) is 4.98 Å². The van der Waals surface area contributed by atoms with Crippen LogP contribution in [0.5, 0.6) is 0 Å². The molecule has 0 unspecified atom stereocenters. The second kappa shape index (κ2) is 7.31. The van der Waals surface area contributed by atoms with E-state index in [1.54, 1.807) is 42.2 Å². The first kappa shape index (κ1) is 16.8. The minimum atomic E-state index is -0.240. The van der Waals surface area contributed by atoms with E-state index in [4.69, 9.17) is 4.74 Å². The van der Waals surface area contributed by atoms with E-state index >= 15 is 0 Å². The number of hydrogen-bond donors (Lipinski definition) is 0. The van der Waals surface area contributed by atoms with Crippen LogP contribution >= 0.6 is 11.8 Å². The number of amides is 2. The lowest BCUT2D eigenvalue weighted by Crippen LogP contribution is -2.33. The van der Waals surface area contributed by atoms with E-state index < -0.39 is 0 Å². The summed E-state index contributed by atoms with van der Waals surface area (Å²) in [5.41, 5.74) is 1.87. The second-order valence-electron chi connectivity index (χ2n) is 5.79. The second-order valence-corrected chi connectivity index (χ2v) is 6.90. The number of imidazole rings is 1. The van der Waals surface area contributed by atoms with Crippen molar-refractivity contribution in [2.75, 3.05) is 25.5 Å². The molecular weight excluding hydrogens is 350 g/mol. The monoisotopic (exact) mass is 367 g/mol. The van der Waals surface area contributed by atoms with Crippen molar-refractivity contribution in [3.63, 3.8) is 0 Å². The number of carbonyl (C=O) groups is 2. The van der Waals surface area contributed by atoms with Gasteiger partial charge in [-0.2, -0.15) is 0 Å². The fourth-order valence-electron chi connectivity index (χ4n) is 2.94. The maximum Gasteiger partial charge on any atom is 0.261 e. The van der Waals surface area contributed by atoms with Gasteiger partial charge < -0.3 is 4.74 Å². The summed E-state index contributed by atoms with van der Waals surface area (Å²) in [5.74, 6) is 0.296. The maximum absolute atomic E-state index is 12.2. The van der Waals surface area contributed by atoms with Gasteiger partial charge in [-0.05, 0) is 24.3 Å². The van der Waals surface area contributed by atoms with Gasteiger partial charge in [0.05, 0.1) is 35.9 Å². The molecule has 7 heteroatoms. The van der Waals surface area contributed by atoms with Crippen LogP contribution in [-0.2, 0) is 4.74 Å². The Bertz CT molecular complexity index is 934. The Balaban J connectivity index is 1.23. The number of rotatable bonds is 7. The average Bonchev–Trinajstić information content (AvgIpc) is 3.24. The summed E-state index contributed by atoms with van der Waals surface area (Å²) in [5, 5.41) is 1.10. The van der Waals surface area contributed by atoms with Crippen molar-refractivity contribution in [2.45, 2.75) is 5.03 Å². The number of pyridine rings is 1. The van der Waals surface area contributed by atoms with Gasteiger partial charge in [0.1, 0.15) is 5.65 Å². The molecule has 3 heterocycles. The smallest absolute Gasteiger partial charge is 0.261 e. The quantitative estimate of drug-likeness (QED) is 0.365. The van der Waals surface area contributed by atoms with Crippen LogP contribution in [0, 0.1) is 0 Å². The van der Waals surface area contributed by atoms with Gasteiger partial charge >= 0.3 is 0 Å². The van der Waals surface area contributed by atoms with E-state index in [0.717, 1.165) is 16.4 Å². The molecule has 4 rings (SSSR count). The third-order valence-corrected chi connectivity index (χ3v) is 5.21. The lowest BCUT2D eigenvalue weighted by atomic mass is 10.1. The molecule has 26 heavy (non-hydrogen) atoms. The van der Waals surface area contributed by atoms with Crippen LogP contribution in [0.4, 0.5) is 0 Å². The summed E-state index contributed by atoms with van der Waals surface area (Å²) in [7, 11) is 0. The van der Waals surface area contributed by atoms with Crippen molar-refractivity contribution in [2.24, 2.45) is 0 Å². The summed E-state index contributed by atoms with van der Waals surface area (Å²) in [6.07, 6.45) is 3.71. The number of hydrogen-bond acceptors (Lipinski definition) is 5. The zero-order valence-electron chi connectivity index (χ0n) is 14.0. The molecule has 2 amide bonds. The lowest BCUT2D eigenvalue weighted by molar-refractivity contribution is 0.0576. The number of nitrogens with zero attached hydrogens (tertiary/aromatic N) is 3. The normalized spacial score (nSPS) is 13.6. The first-order chi connectivity index (χ1) is 12.8. The standard InChI is InChI=1S/C19H17N3O3S/c23-18-14-4-1-2-5-15(14)19(24)22(18)10-11-25-12-13-26-17-7-3-6-16-20-8-9-21(16)17/h1-9H,10-13H2. The third kappa shape index (κ3) is 3.11. The predicted octanol–water partition coefficient (Wildman–Crippen LogP) is 2.74. The Morgan fingerprint density at radius 2 is 1.73 bits per heavy atom. The van der Waals surface area contributed by atoms with E-state index in [-0.39, 0.29) is 18.4 Å². The topological polar surface area (TPSA) is 63.9 Å². The van der Waals surface area contributed by atoms with Crippen LogP contribution in [0.25, 0.3) is 5.65 Å². The molecule has 0 saturated heterocycles. The van der Waals surface area contributed by atoms with Crippen molar-refractivity contribution < 1.29 is 14.3 Å². The number of ether oxygens (including phenoxy) is 1. The number of thioether (sulfide) groups is 1. The van der Waals surface area contributed by atoms with E-state index in [1.165, 1.54) is 4.90 Å². The number of fused-ring (bicyclic) bond motifs is 2. The number of benzene rings is 1. The Morgan fingerprint density at radius 3 is 2.50 bits per heavy atom. The molecule has 1 aliphatic rings. The zero-order valence-corrected chi connectivity index (χ0v) is 14.8. The van der Waals surface area contributed by atoms with Gasteiger partial charge in [-0.25, -0.2) is 4.98 Å². The molecule has 3 aromatic rings. The molecule has 1 aliphatic heterocycles. The first-order valence-corrected chi connectivity index (χ1v) is 9.32. The molecule has 0 radical (unpaired) electrons. The molecule has 0 saturated carbocycles. The summed E-state index contributed by atoms with van der Waals surface area (Å²) >= 11 is 1.68. The average molecular weight is 367 g/mol. The van der Waals surface area contributed by atoms with Gasteiger partial charge in [0, 0.05) is 18.1 Å². The summed E-state index contributed by atoms with van der Waals surface area (Å²) < 4.78 is 7.65. The van der Waals surface area contributed by atoms with Crippen molar-refractivity contribution in [3.05, 3.63) is 66.0 Å². The van der Waals surface area contributed by atoms with Gasteiger partial charge in [-0.15, -0.1) is 11.8 Å². The highest BCUT2D eigenvalue weighted by atomic mass is 32.2. The highest BCUT2D eigenvalue weighted by molar-refractivity contribution is 7.99. The predicted molar refractivity (Wildman–Crippen MR) is 98.5 cm³/mol. The van der Waals surface area contributed by atoms with Gasteiger partial charge in [0.2, 0.25) is 0 Å². The van der Waals surface area contributed by atoms with Crippen LogP contribution in [0.15, 0.2) is 59.9 Å². The maximum atomic E-state index is 12.2. The molecule has 1 aromatic carbocycles. The van der Waals surface area contributed by atoms with E-state index in [0.29, 0.717) is 24.3 Å². The number of aromatic nitrogens is 2. The van der Waals surface area contributed by atoms with E-state index in [1.807, 2.05) is 28.8 Å². The molecule has 0 spiro atoms. The zero-order chi connectivity index (χ0) is 17.9. The molecule has 0 N–H and O–H groups in total. The Hall–Kier alpha value is -2.64. The van der Waals surface area contributed by atoms with Crippen molar-refractivity contribution in [1.29, 1.82) is 0 Å². The van der Waals surface area contributed by atoms with Crippen LogP contribution in [0.3, 0.4) is 0 Å². The molecule has 0 aliphatic carbocycles. The van der Waals surface area contributed by atoms with Crippen molar-refractivity contribution in [1.82, 2.24) is 14.3 Å². The van der Waals surface area contributed by atoms with Crippen molar-refractivity contribution in [3.8, 4) is 0 Å². The number of carbonyl (C=O) groups excluding carboxylic acids is 2. The third-order valence-electron chi connectivity index (χ3n) is 4.21. The molecule has 0 atom stereocenters. The molecule has 0 bridgehead atoms. The van der Waals surface area contributed by atoms with Crippen LogP contribution in [0.1, 0.15) is 20.7 Å². The Kier molecular flexibility index (Phi) is 4.73. The van der Waals surface area contributed by atoms with Gasteiger partial charge in [-0.1, -0.05) is 18.2 Å². The van der Waals surface area contributed by atoms with Crippen LogP contribution in [-0.4, -0.2) is 51.6 Å². The highest BCUT2D eigenvalue weighted by Gasteiger charge is 2.34. The Labute approximate surface area is 154 Å². The van der Waals surface area contributed by atoms with Gasteiger partial charge in [0.15, 0.2) is 0 Å². The molecule has 0 fully saturated rings. The highest BCUT2D eigenvalue weighted by Crippen LogP contribution is 2.22.